The molecule has 7 nitrogen and oxygen atoms in total. The van der Waals surface area contributed by atoms with Gasteiger partial charge in [0.2, 0.25) is 5.95 Å². The molecule has 1 amide bonds. The second-order valence-electron chi connectivity index (χ2n) is 7.88. The summed E-state index contributed by atoms with van der Waals surface area (Å²) < 4.78 is 0. The second-order valence-corrected chi connectivity index (χ2v) is 7.88. The molecular formula is C21H30N6O+2. The normalized spacial score (nSPS) is 22.9. The molecule has 4 rings (SSSR count). The van der Waals surface area contributed by atoms with Crippen LogP contribution in [0.4, 0.5) is 5.95 Å². The van der Waals surface area contributed by atoms with Gasteiger partial charge >= 0.3 is 0 Å². The second kappa shape index (κ2) is 9.12. The minimum atomic E-state index is 0.186. The maximum Gasteiger partial charge on any atom is 0.275 e. The number of anilines is 1. The first kappa shape index (κ1) is 18.8. The molecule has 2 aliphatic rings. The van der Waals surface area contributed by atoms with Crippen LogP contribution < -0.4 is 20.0 Å². The zero-order valence-corrected chi connectivity index (χ0v) is 16.3. The van der Waals surface area contributed by atoms with E-state index in [1.165, 1.54) is 10.5 Å². The maximum absolute atomic E-state index is 12.5. The van der Waals surface area contributed by atoms with Gasteiger partial charge in [-0.25, -0.2) is 9.97 Å². The molecule has 148 valence electrons. The monoisotopic (exact) mass is 382 g/mol. The molecule has 2 aromatic rings. The minimum absolute atomic E-state index is 0.186. The highest BCUT2D eigenvalue weighted by Gasteiger charge is 2.29. The molecular weight excluding hydrogens is 352 g/mol. The van der Waals surface area contributed by atoms with Crippen LogP contribution in [-0.4, -0.2) is 67.7 Å². The van der Waals surface area contributed by atoms with Crippen molar-refractivity contribution in [2.45, 2.75) is 19.0 Å². The van der Waals surface area contributed by atoms with Crippen LogP contribution in [0.15, 0.2) is 48.8 Å². The van der Waals surface area contributed by atoms with Gasteiger partial charge in [0, 0.05) is 24.4 Å². The van der Waals surface area contributed by atoms with Crippen molar-refractivity contribution in [2.24, 2.45) is 0 Å². The van der Waals surface area contributed by atoms with Crippen LogP contribution in [0.3, 0.4) is 0 Å². The Kier molecular flexibility index (Phi) is 6.14. The summed E-state index contributed by atoms with van der Waals surface area (Å²) in [6, 6.07) is 12.8. The van der Waals surface area contributed by atoms with Gasteiger partial charge in [-0.3, -0.25) is 4.79 Å². The molecule has 0 saturated carbocycles. The van der Waals surface area contributed by atoms with Crippen molar-refractivity contribution < 1.29 is 14.6 Å². The molecule has 0 spiro atoms. The van der Waals surface area contributed by atoms with E-state index in [-0.39, 0.29) is 5.91 Å². The average Bonchev–Trinajstić information content (AvgIpc) is 3.16. The first-order valence-corrected chi connectivity index (χ1v) is 10.3. The summed E-state index contributed by atoms with van der Waals surface area (Å²) in [4.78, 5) is 26.2. The summed E-state index contributed by atoms with van der Waals surface area (Å²) in [7, 11) is 0. The first-order valence-electron chi connectivity index (χ1n) is 10.3. The number of aromatic nitrogens is 2. The van der Waals surface area contributed by atoms with Gasteiger partial charge in [0.1, 0.15) is 6.54 Å². The highest BCUT2D eigenvalue weighted by atomic mass is 16.2. The topological polar surface area (TPSA) is 67.0 Å². The first-order chi connectivity index (χ1) is 13.8. The number of likely N-dealkylation sites (tertiary alicyclic amines) is 1. The number of carbonyl (C=O) groups excluding carboxylic acids is 1. The molecule has 0 radical (unpaired) electrons. The molecule has 2 aliphatic heterocycles. The van der Waals surface area contributed by atoms with Gasteiger partial charge < -0.3 is 20.0 Å². The molecule has 3 heterocycles. The smallest absolute Gasteiger partial charge is 0.275 e. The zero-order valence-electron chi connectivity index (χ0n) is 16.3. The van der Waals surface area contributed by atoms with Gasteiger partial charge in [-0.15, -0.1) is 0 Å². The van der Waals surface area contributed by atoms with E-state index in [0.29, 0.717) is 12.6 Å². The number of nitrogens with one attached hydrogen (secondary N) is 3. The molecule has 0 bridgehead atoms. The summed E-state index contributed by atoms with van der Waals surface area (Å²) in [5, 5.41) is 3.27. The van der Waals surface area contributed by atoms with Crippen molar-refractivity contribution in [3.05, 3.63) is 54.4 Å². The third-order valence-electron chi connectivity index (χ3n) is 5.76. The molecule has 0 aliphatic carbocycles. The number of hydrogen-bond acceptors (Lipinski definition) is 4. The van der Waals surface area contributed by atoms with Crippen molar-refractivity contribution >= 4 is 11.9 Å². The number of rotatable bonds is 6. The minimum Gasteiger partial charge on any atom is -0.343 e. The van der Waals surface area contributed by atoms with E-state index < -0.39 is 0 Å². The van der Waals surface area contributed by atoms with Crippen LogP contribution in [0.25, 0.3) is 0 Å². The number of hydrogen-bond donors (Lipinski definition) is 3. The predicted molar refractivity (Wildman–Crippen MR) is 107 cm³/mol. The summed E-state index contributed by atoms with van der Waals surface area (Å²) in [5.41, 5.74) is 1.37. The molecule has 1 aromatic heterocycles. The van der Waals surface area contributed by atoms with Crippen molar-refractivity contribution in [1.29, 1.82) is 0 Å². The van der Waals surface area contributed by atoms with Crippen LogP contribution >= 0.6 is 0 Å². The van der Waals surface area contributed by atoms with Crippen molar-refractivity contribution in [3.63, 3.8) is 0 Å². The molecule has 2 fully saturated rings. The number of quaternary nitrogens is 2. The van der Waals surface area contributed by atoms with Gasteiger partial charge in [0.25, 0.3) is 5.91 Å². The Morgan fingerprint density at radius 3 is 2.54 bits per heavy atom. The Labute approximate surface area is 166 Å². The van der Waals surface area contributed by atoms with Crippen molar-refractivity contribution in [2.75, 3.05) is 50.7 Å². The predicted octanol–water partition coefficient (Wildman–Crippen LogP) is -1.84. The van der Waals surface area contributed by atoms with E-state index in [9.17, 15) is 4.79 Å². The summed E-state index contributed by atoms with van der Waals surface area (Å²) in [5.74, 6) is 0.976. The number of carbonyl (C=O) groups is 1. The lowest BCUT2D eigenvalue weighted by Crippen LogP contribution is -3.16. The van der Waals surface area contributed by atoms with Crippen molar-refractivity contribution in [3.8, 4) is 0 Å². The van der Waals surface area contributed by atoms with Gasteiger partial charge in [0.15, 0.2) is 6.54 Å². The highest BCUT2D eigenvalue weighted by Crippen LogP contribution is 2.04. The van der Waals surface area contributed by atoms with Crippen molar-refractivity contribution in [1.82, 2.24) is 15.3 Å². The lowest BCUT2D eigenvalue weighted by molar-refractivity contribution is -0.901. The number of amides is 1. The summed E-state index contributed by atoms with van der Waals surface area (Å²) in [6.07, 6.45) is 4.63. The fourth-order valence-corrected chi connectivity index (χ4v) is 4.26. The van der Waals surface area contributed by atoms with Crippen LogP contribution in [0.2, 0.25) is 0 Å². The zero-order chi connectivity index (χ0) is 19.2. The Morgan fingerprint density at radius 1 is 1.04 bits per heavy atom. The number of piperazine rings is 1. The van der Waals surface area contributed by atoms with Crippen LogP contribution in [0, 0.1) is 0 Å². The molecule has 1 aromatic carbocycles. The Hall–Kier alpha value is -2.51. The quantitative estimate of drug-likeness (QED) is 0.549. The molecule has 1 unspecified atom stereocenters. The Bertz CT molecular complexity index is 742. The molecule has 3 N–H and O–H groups in total. The average molecular weight is 383 g/mol. The maximum atomic E-state index is 12.5. The largest absolute Gasteiger partial charge is 0.343 e. The summed E-state index contributed by atoms with van der Waals surface area (Å²) in [6.45, 7) is 7.44. The standard InChI is InChI=1S/C21H28N6O/c28-20(17-25-11-13-27(14-12-25)21-22-8-4-9-23-21)24-19-7-10-26(16-19)15-18-5-2-1-3-6-18/h1-6,8-9,19H,7,10-17H2,(H,24,28)/p+2/t19-/m1/s1. The lowest BCUT2D eigenvalue weighted by Gasteiger charge is -2.31. The van der Waals surface area contributed by atoms with E-state index in [0.717, 1.165) is 58.2 Å². The third-order valence-corrected chi connectivity index (χ3v) is 5.76. The fraction of sp³-hybridized carbons (Fsp3) is 0.476. The van der Waals surface area contributed by atoms with E-state index in [2.05, 4.69) is 50.5 Å². The van der Waals surface area contributed by atoms with Crippen LogP contribution in [0.1, 0.15) is 12.0 Å². The fourth-order valence-electron chi connectivity index (χ4n) is 4.26. The van der Waals surface area contributed by atoms with Crippen LogP contribution in [0.5, 0.6) is 0 Å². The van der Waals surface area contributed by atoms with Gasteiger partial charge in [-0.1, -0.05) is 30.3 Å². The van der Waals surface area contributed by atoms with Gasteiger partial charge in [0.05, 0.1) is 45.3 Å². The van der Waals surface area contributed by atoms with E-state index in [4.69, 9.17) is 0 Å². The highest BCUT2D eigenvalue weighted by molar-refractivity contribution is 5.77. The van der Waals surface area contributed by atoms with Crippen LogP contribution in [-0.2, 0) is 11.3 Å². The van der Waals surface area contributed by atoms with Gasteiger partial charge in [-0.05, 0) is 6.07 Å². The Morgan fingerprint density at radius 2 is 1.79 bits per heavy atom. The van der Waals surface area contributed by atoms with E-state index >= 15 is 0 Å². The van der Waals surface area contributed by atoms with Gasteiger partial charge in [-0.2, -0.15) is 0 Å². The van der Waals surface area contributed by atoms with E-state index in [1.807, 2.05) is 6.07 Å². The lowest BCUT2D eigenvalue weighted by atomic mass is 10.2. The summed E-state index contributed by atoms with van der Waals surface area (Å²) >= 11 is 0. The number of benzene rings is 1. The third kappa shape index (κ3) is 5.05. The molecule has 7 heteroatoms. The molecule has 2 saturated heterocycles. The molecule has 28 heavy (non-hydrogen) atoms. The number of nitrogens with zero attached hydrogens (tertiary/aromatic N) is 3. The molecule has 2 atom stereocenters. The van der Waals surface area contributed by atoms with E-state index in [1.54, 1.807) is 17.3 Å². The SMILES string of the molecule is O=C(C[NH+]1CCN(c2ncccn2)CC1)N[C@@H]1CC[NH+](Cc2ccccc2)C1. The Balaban J connectivity index is 1.17.